The van der Waals surface area contributed by atoms with E-state index in [1.54, 1.807) is 12.3 Å². The maximum Gasteiger partial charge on any atom is 0.200 e. The van der Waals surface area contributed by atoms with Crippen molar-refractivity contribution >= 4 is 21.9 Å². The highest BCUT2D eigenvalue weighted by Crippen LogP contribution is 2.23. The van der Waals surface area contributed by atoms with E-state index < -0.39 is 0 Å². The second kappa shape index (κ2) is 4.56. The first-order chi connectivity index (χ1) is 10.3. The Morgan fingerprint density at radius 1 is 0.810 bits per heavy atom. The lowest BCUT2D eigenvalue weighted by molar-refractivity contribution is 0.660. The molecule has 0 bridgehead atoms. The van der Waals surface area contributed by atoms with Crippen LogP contribution in [0.1, 0.15) is 0 Å². The highest BCUT2D eigenvalue weighted by Gasteiger charge is 2.08. The van der Waals surface area contributed by atoms with Gasteiger partial charge in [0.2, 0.25) is 5.43 Å². The standard InChI is InChI=1S/C18H11NO2/c20-18-13-5-1-2-7-16(13)21-17-9-8-12(11-14(17)18)15-6-3-4-10-19-15/h1-11H. The Balaban J connectivity index is 2.06. The van der Waals surface area contributed by atoms with Gasteiger partial charge in [-0.05, 0) is 42.5 Å². The average molecular weight is 273 g/mol. The molecule has 0 atom stereocenters. The van der Waals surface area contributed by atoms with E-state index in [2.05, 4.69) is 4.98 Å². The first-order valence-corrected chi connectivity index (χ1v) is 6.70. The van der Waals surface area contributed by atoms with E-state index in [1.165, 1.54) is 0 Å². The lowest BCUT2D eigenvalue weighted by Gasteiger charge is -2.04. The summed E-state index contributed by atoms with van der Waals surface area (Å²) in [6.45, 7) is 0. The number of hydrogen-bond donors (Lipinski definition) is 0. The lowest BCUT2D eigenvalue weighted by atomic mass is 10.1. The molecule has 2 aromatic heterocycles. The number of nitrogens with zero attached hydrogens (tertiary/aromatic N) is 1. The van der Waals surface area contributed by atoms with Crippen molar-refractivity contribution < 1.29 is 4.42 Å². The summed E-state index contributed by atoms with van der Waals surface area (Å²) in [5, 5.41) is 1.18. The summed E-state index contributed by atoms with van der Waals surface area (Å²) < 4.78 is 5.80. The Hall–Kier alpha value is -2.94. The monoisotopic (exact) mass is 273 g/mol. The molecule has 0 amide bonds. The van der Waals surface area contributed by atoms with Crippen molar-refractivity contribution in [3.8, 4) is 11.3 Å². The predicted molar refractivity (Wildman–Crippen MR) is 83.2 cm³/mol. The summed E-state index contributed by atoms with van der Waals surface area (Å²) in [7, 11) is 0. The first-order valence-electron chi connectivity index (χ1n) is 6.70. The molecule has 0 unspecified atom stereocenters. The third-order valence-electron chi connectivity index (χ3n) is 3.54. The Bertz CT molecular complexity index is 1000. The largest absolute Gasteiger partial charge is 0.456 e. The average Bonchev–Trinajstić information content (AvgIpc) is 2.56. The van der Waals surface area contributed by atoms with Crippen LogP contribution >= 0.6 is 0 Å². The minimum atomic E-state index is -0.00960. The van der Waals surface area contributed by atoms with Crippen molar-refractivity contribution in [3.05, 3.63) is 77.1 Å². The van der Waals surface area contributed by atoms with Crippen LogP contribution in [0.4, 0.5) is 0 Å². The molecule has 3 heteroatoms. The highest BCUT2D eigenvalue weighted by atomic mass is 16.3. The molecule has 0 aliphatic carbocycles. The molecule has 0 aliphatic rings. The van der Waals surface area contributed by atoms with Gasteiger partial charge in [-0.1, -0.05) is 18.2 Å². The fraction of sp³-hybridized carbons (Fsp3) is 0. The van der Waals surface area contributed by atoms with Gasteiger partial charge in [-0.15, -0.1) is 0 Å². The van der Waals surface area contributed by atoms with Gasteiger partial charge < -0.3 is 4.42 Å². The van der Waals surface area contributed by atoms with Gasteiger partial charge in [0.15, 0.2) is 0 Å². The Labute approximate surface area is 120 Å². The second-order valence-corrected chi connectivity index (χ2v) is 4.85. The van der Waals surface area contributed by atoms with Crippen LogP contribution in [0.2, 0.25) is 0 Å². The van der Waals surface area contributed by atoms with Crippen molar-refractivity contribution in [1.29, 1.82) is 0 Å². The summed E-state index contributed by atoms with van der Waals surface area (Å²) in [4.78, 5) is 16.9. The Kier molecular flexibility index (Phi) is 2.57. The normalized spacial score (nSPS) is 11.0. The van der Waals surface area contributed by atoms with Crippen molar-refractivity contribution in [2.75, 3.05) is 0 Å². The topological polar surface area (TPSA) is 43.1 Å². The van der Waals surface area contributed by atoms with Crippen LogP contribution in [0.3, 0.4) is 0 Å². The Morgan fingerprint density at radius 2 is 1.62 bits per heavy atom. The van der Waals surface area contributed by atoms with E-state index in [4.69, 9.17) is 4.42 Å². The summed E-state index contributed by atoms with van der Waals surface area (Å²) in [6, 6.07) is 18.6. The summed E-state index contributed by atoms with van der Waals surface area (Å²) in [5.74, 6) is 0. The van der Waals surface area contributed by atoms with Crippen LogP contribution in [0.25, 0.3) is 33.2 Å². The van der Waals surface area contributed by atoms with Gasteiger partial charge >= 0.3 is 0 Å². The van der Waals surface area contributed by atoms with Gasteiger partial charge in [-0.25, -0.2) is 0 Å². The fourth-order valence-electron chi connectivity index (χ4n) is 2.50. The number of fused-ring (bicyclic) bond motifs is 2. The zero-order chi connectivity index (χ0) is 14.2. The SMILES string of the molecule is O=c1c2ccccc2oc2ccc(-c3ccccn3)cc12. The van der Waals surface area contributed by atoms with Crippen LogP contribution < -0.4 is 5.43 Å². The number of benzene rings is 2. The van der Waals surface area contributed by atoms with Crippen LogP contribution in [0.15, 0.2) is 76.1 Å². The van der Waals surface area contributed by atoms with Gasteiger partial charge in [-0.3, -0.25) is 9.78 Å². The van der Waals surface area contributed by atoms with Crippen molar-refractivity contribution in [1.82, 2.24) is 4.98 Å². The maximum absolute atomic E-state index is 12.6. The van der Waals surface area contributed by atoms with Crippen molar-refractivity contribution in [2.24, 2.45) is 0 Å². The van der Waals surface area contributed by atoms with Crippen LogP contribution in [-0.2, 0) is 0 Å². The Morgan fingerprint density at radius 3 is 2.48 bits per heavy atom. The minimum absolute atomic E-state index is 0.00960. The van der Waals surface area contributed by atoms with E-state index in [9.17, 15) is 4.79 Å². The predicted octanol–water partition coefficient (Wildman–Crippen LogP) is 4.01. The molecule has 21 heavy (non-hydrogen) atoms. The van der Waals surface area contributed by atoms with E-state index in [0.29, 0.717) is 21.9 Å². The third-order valence-corrected chi connectivity index (χ3v) is 3.54. The number of pyridine rings is 1. The quantitative estimate of drug-likeness (QED) is 0.492. The molecule has 0 radical (unpaired) electrons. The highest BCUT2D eigenvalue weighted by molar-refractivity contribution is 5.91. The summed E-state index contributed by atoms with van der Waals surface area (Å²) >= 11 is 0. The van der Waals surface area contributed by atoms with Crippen molar-refractivity contribution in [3.63, 3.8) is 0 Å². The van der Waals surface area contributed by atoms with Gasteiger partial charge in [0.05, 0.1) is 16.5 Å². The fourth-order valence-corrected chi connectivity index (χ4v) is 2.50. The molecular formula is C18H11NO2. The molecule has 0 spiro atoms. The number of aromatic nitrogens is 1. The molecular weight excluding hydrogens is 262 g/mol. The molecule has 4 aromatic rings. The summed E-state index contributed by atoms with van der Waals surface area (Å²) in [5.41, 5.74) is 2.95. The summed E-state index contributed by atoms with van der Waals surface area (Å²) in [6.07, 6.45) is 1.74. The maximum atomic E-state index is 12.6. The number of hydrogen-bond acceptors (Lipinski definition) is 3. The molecule has 0 fully saturated rings. The van der Waals surface area contributed by atoms with Crippen LogP contribution in [-0.4, -0.2) is 4.98 Å². The zero-order valence-corrected chi connectivity index (χ0v) is 11.1. The first kappa shape index (κ1) is 11.9. The van der Waals surface area contributed by atoms with Gasteiger partial charge in [-0.2, -0.15) is 0 Å². The molecule has 2 heterocycles. The van der Waals surface area contributed by atoms with E-state index in [0.717, 1.165) is 11.3 Å². The zero-order valence-electron chi connectivity index (χ0n) is 11.1. The van der Waals surface area contributed by atoms with Crippen LogP contribution in [0.5, 0.6) is 0 Å². The molecule has 0 aliphatic heterocycles. The van der Waals surface area contributed by atoms with E-state index in [1.807, 2.05) is 54.6 Å². The van der Waals surface area contributed by atoms with E-state index in [-0.39, 0.29) is 5.43 Å². The molecule has 4 rings (SSSR count). The van der Waals surface area contributed by atoms with Gasteiger partial charge in [0.25, 0.3) is 0 Å². The van der Waals surface area contributed by atoms with Gasteiger partial charge in [0.1, 0.15) is 11.2 Å². The van der Waals surface area contributed by atoms with Gasteiger partial charge in [0, 0.05) is 11.8 Å². The molecule has 0 N–H and O–H groups in total. The molecule has 0 saturated heterocycles. The lowest BCUT2D eigenvalue weighted by Crippen LogP contribution is -2.02. The second-order valence-electron chi connectivity index (χ2n) is 4.85. The molecule has 3 nitrogen and oxygen atoms in total. The number of para-hydroxylation sites is 1. The smallest absolute Gasteiger partial charge is 0.200 e. The molecule has 0 saturated carbocycles. The number of rotatable bonds is 1. The minimum Gasteiger partial charge on any atom is -0.456 e. The third kappa shape index (κ3) is 1.91. The van der Waals surface area contributed by atoms with E-state index >= 15 is 0 Å². The molecule has 100 valence electrons. The van der Waals surface area contributed by atoms with Crippen LogP contribution in [0, 0.1) is 0 Å². The van der Waals surface area contributed by atoms with Crippen molar-refractivity contribution in [2.45, 2.75) is 0 Å². The molecule has 2 aromatic carbocycles.